The zero-order valence-electron chi connectivity index (χ0n) is 12.0. The number of nitrogens with two attached hydrogens (primary N) is 1. The molecular formula is C14H25N5. The van der Waals surface area contributed by atoms with Crippen molar-refractivity contribution in [2.45, 2.75) is 58.2 Å². The lowest BCUT2D eigenvalue weighted by molar-refractivity contribution is 0.264. The van der Waals surface area contributed by atoms with Crippen molar-refractivity contribution in [1.29, 1.82) is 0 Å². The van der Waals surface area contributed by atoms with E-state index in [0.29, 0.717) is 6.04 Å². The molecule has 106 valence electrons. The Bertz CT molecular complexity index is 439. The van der Waals surface area contributed by atoms with Gasteiger partial charge in [0.05, 0.1) is 0 Å². The molecule has 0 aliphatic carbocycles. The summed E-state index contributed by atoms with van der Waals surface area (Å²) in [4.78, 5) is 2.56. The van der Waals surface area contributed by atoms with E-state index in [-0.39, 0.29) is 6.04 Å². The van der Waals surface area contributed by atoms with Gasteiger partial charge in [-0.05, 0) is 39.2 Å². The predicted molar refractivity (Wildman–Crippen MR) is 74.8 cm³/mol. The molecule has 2 N–H and O–H groups in total. The Balaban J connectivity index is 1.65. The molecule has 5 nitrogen and oxygen atoms in total. The summed E-state index contributed by atoms with van der Waals surface area (Å²) in [5.41, 5.74) is 5.99. The number of nitrogens with zero attached hydrogens (tertiary/aromatic N) is 4. The summed E-state index contributed by atoms with van der Waals surface area (Å²) in [6.45, 7) is 8.00. The molecular weight excluding hydrogens is 238 g/mol. The maximum absolute atomic E-state index is 5.99. The molecule has 3 rings (SSSR count). The summed E-state index contributed by atoms with van der Waals surface area (Å²) >= 11 is 0. The highest BCUT2D eigenvalue weighted by molar-refractivity contribution is 5.03. The second-order valence-corrected chi connectivity index (χ2v) is 6.38. The summed E-state index contributed by atoms with van der Waals surface area (Å²) in [5, 5.41) is 8.73. The Morgan fingerprint density at radius 1 is 1.26 bits per heavy atom. The van der Waals surface area contributed by atoms with Crippen LogP contribution in [0.4, 0.5) is 0 Å². The van der Waals surface area contributed by atoms with E-state index in [1.165, 1.54) is 25.3 Å². The van der Waals surface area contributed by atoms with Gasteiger partial charge >= 0.3 is 0 Å². The van der Waals surface area contributed by atoms with Gasteiger partial charge in [0.15, 0.2) is 0 Å². The first-order chi connectivity index (χ1) is 9.13. The average Bonchev–Trinajstić information content (AvgIpc) is 2.97. The van der Waals surface area contributed by atoms with E-state index in [9.17, 15) is 0 Å². The Morgan fingerprint density at radius 3 is 2.84 bits per heavy atom. The SMILES string of the molecule is CC(C)N1CCC(Cc2nnc3n2CCC(N)C3)C1. The minimum atomic E-state index is 0.271. The molecule has 3 heterocycles. The summed E-state index contributed by atoms with van der Waals surface area (Å²) < 4.78 is 2.31. The number of rotatable bonds is 3. The van der Waals surface area contributed by atoms with Gasteiger partial charge in [-0.1, -0.05) is 0 Å². The molecule has 1 aromatic rings. The van der Waals surface area contributed by atoms with Crippen LogP contribution in [0.25, 0.3) is 0 Å². The first-order valence-corrected chi connectivity index (χ1v) is 7.54. The van der Waals surface area contributed by atoms with E-state index >= 15 is 0 Å². The molecule has 2 unspecified atom stereocenters. The molecule has 1 aromatic heterocycles. The highest BCUT2D eigenvalue weighted by Gasteiger charge is 2.27. The van der Waals surface area contributed by atoms with Crippen LogP contribution in [0.15, 0.2) is 0 Å². The maximum atomic E-state index is 5.99. The van der Waals surface area contributed by atoms with Gasteiger partial charge in [0.1, 0.15) is 11.6 Å². The lowest BCUT2D eigenvalue weighted by Crippen LogP contribution is -2.32. The van der Waals surface area contributed by atoms with Crippen LogP contribution >= 0.6 is 0 Å². The molecule has 2 aliphatic rings. The van der Waals surface area contributed by atoms with Gasteiger partial charge in [-0.3, -0.25) is 0 Å². The fourth-order valence-corrected chi connectivity index (χ4v) is 3.32. The molecule has 2 atom stereocenters. The molecule has 0 amide bonds. The Labute approximate surface area is 115 Å². The Hall–Kier alpha value is -0.940. The highest BCUT2D eigenvalue weighted by atomic mass is 15.3. The molecule has 5 heteroatoms. The van der Waals surface area contributed by atoms with Gasteiger partial charge in [0.25, 0.3) is 0 Å². The average molecular weight is 263 g/mol. The standard InChI is InChI=1S/C14H25N5/c1-10(2)18-5-3-11(9-18)7-13-16-17-14-8-12(15)4-6-19(13)14/h10-12H,3-9,15H2,1-2H3. The van der Waals surface area contributed by atoms with Gasteiger partial charge in [-0.2, -0.15) is 0 Å². The van der Waals surface area contributed by atoms with Gasteiger partial charge < -0.3 is 15.2 Å². The first kappa shape index (κ1) is 13.1. The van der Waals surface area contributed by atoms with Gasteiger partial charge in [-0.25, -0.2) is 0 Å². The second kappa shape index (κ2) is 5.21. The Kier molecular flexibility index (Phi) is 3.58. The van der Waals surface area contributed by atoms with Crippen LogP contribution in [0.2, 0.25) is 0 Å². The van der Waals surface area contributed by atoms with E-state index in [2.05, 4.69) is 33.5 Å². The second-order valence-electron chi connectivity index (χ2n) is 6.38. The van der Waals surface area contributed by atoms with Crippen molar-refractivity contribution in [2.75, 3.05) is 13.1 Å². The van der Waals surface area contributed by atoms with Crippen molar-refractivity contribution in [1.82, 2.24) is 19.7 Å². The van der Waals surface area contributed by atoms with Crippen LogP contribution in [0.1, 0.15) is 38.3 Å². The lowest BCUT2D eigenvalue weighted by atomic mass is 10.0. The van der Waals surface area contributed by atoms with Crippen LogP contribution < -0.4 is 5.73 Å². The molecule has 1 fully saturated rings. The highest BCUT2D eigenvalue weighted by Crippen LogP contribution is 2.23. The number of hydrogen-bond donors (Lipinski definition) is 1. The minimum Gasteiger partial charge on any atom is -0.327 e. The van der Waals surface area contributed by atoms with Gasteiger partial charge in [-0.15, -0.1) is 10.2 Å². The van der Waals surface area contributed by atoms with Crippen LogP contribution in [0.5, 0.6) is 0 Å². The zero-order chi connectivity index (χ0) is 13.4. The molecule has 1 saturated heterocycles. The fourth-order valence-electron chi connectivity index (χ4n) is 3.32. The van der Waals surface area contributed by atoms with E-state index < -0.39 is 0 Å². The topological polar surface area (TPSA) is 60.0 Å². The number of aromatic nitrogens is 3. The Morgan fingerprint density at radius 2 is 2.11 bits per heavy atom. The third-order valence-electron chi connectivity index (χ3n) is 4.59. The minimum absolute atomic E-state index is 0.271. The van der Waals surface area contributed by atoms with Crippen molar-refractivity contribution in [3.8, 4) is 0 Å². The van der Waals surface area contributed by atoms with Crippen molar-refractivity contribution in [3.05, 3.63) is 11.6 Å². The lowest BCUT2D eigenvalue weighted by Gasteiger charge is -2.22. The van der Waals surface area contributed by atoms with Gasteiger partial charge in [0.2, 0.25) is 0 Å². The number of hydrogen-bond acceptors (Lipinski definition) is 4. The van der Waals surface area contributed by atoms with E-state index in [1.807, 2.05) is 0 Å². The first-order valence-electron chi connectivity index (χ1n) is 7.54. The summed E-state index contributed by atoms with van der Waals surface area (Å²) in [7, 11) is 0. The van der Waals surface area contributed by atoms with Crippen LogP contribution in [0, 0.1) is 5.92 Å². The maximum Gasteiger partial charge on any atom is 0.134 e. The monoisotopic (exact) mass is 263 g/mol. The van der Waals surface area contributed by atoms with Crippen LogP contribution in [0.3, 0.4) is 0 Å². The van der Waals surface area contributed by atoms with Crippen molar-refractivity contribution in [2.24, 2.45) is 11.7 Å². The molecule has 2 aliphatic heterocycles. The number of fused-ring (bicyclic) bond motifs is 1. The predicted octanol–water partition coefficient (Wildman–Crippen LogP) is 0.824. The molecule has 19 heavy (non-hydrogen) atoms. The van der Waals surface area contributed by atoms with E-state index in [4.69, 9.17) is 5.73 Å². The zero-order valence-corrected chi connectivity index (χ0v) is 12.0. The largest absolute Gasteiger partial charge is 0.327 e. The molecule has 0 radical (unpaired) electrons. The molecule has 0 saturated carbocycles. The smallest absolute Gasteiger partial charge is 0.134 e. The fraction of sp³-hybridized carbons (Fsp3) is 0.857. The summed E-state index contributed by atoms with van der Waals surface area (Å²) in [5.74, 6) is 3.01. The molecule has 0 aromatic carbocycles. The molecule has 0 bridgehead atoms. The third kappa shape index (κ3) is 2.67. The normalized spacial score (nSPS) is 28.0. The van der Waals surface area contributed by atoms with Crippen molar-refractivity contribution in [3.63, 3.8) is 0 Å². The quantitative estimate of drug-likeness (QED) is 0.877. The van der Waals surface area contributed by atoms with Crippen molar-refractivity contribution < 1.29 is 0 Å². The third-order valence-corrected chi connectivity index (χ3v) is 4.59. The van der Waals surface area contributed by atoms with Crippen molar-refractivity contribution >= 4 is 0 Å². The van der Waals surface area contributed by atoms with Crippen LogP contribution in [-0.2, 0) is 19.4 Å². The summed E-state index contributed by atoms with van der Waals surface area (Å²) in [6.07, 6.45) is 4.31. The van der Waals surface area contributed by atoms with Crippen LogP contribution in [-0.4, -0.2) is 44.8 Å². The van der Waals surface area contributed by atoms with E-state index in [1.54, 1.807) is 0 Å². The van der Waals surface area contributed by atoms with Gasteiger partial charge in [0, 0.05) is 38.0 Å². The molecule has 0 spiro atoms. The summed E-state index contributed by atoms with van der Waals surface area (Å²) in [6, 6.07) is 0.933. The van der Waals surface area contributed by atoms with E-state index in [0.717, 1.165) is 37.5 Å². The number of likely N-dealkylation sites (tertiary alicyclic amines) is 1.